The zero-order chi connectivity index (χ0) is 20.7. The molecule has 0 aliphatic carbocycles. The quantitative estimate of drug-likeness (QED) is 0.624. The number of carbonyl (C=O) groups is 2. The third-order valence-corrected chi connectivity index (χ3v) is 4.58. The number of amides is 2. The number of rotatable bonds is 7. The van der Waals surface area contributed by atoms with Gasteiger partial charge in [-0.1, -0.05) is 26.0 Å². The highest BCUT2D eigenvalue weighted by molar-refractivity contribution is 9.10. The van der Waals surface area contributed by atoms with Crippen molar-refractivity contribution in [2.24, 2.45) is 0 Å². The van der Waals surface area contributed by atoms with E-state index in [4.69, 9.17) is 9.47 Å². The van der Waals surface area contributed by atoms with Crippen LogP contribution in [0.25, 0.3) is 0 Å². The molecule has 2 amide bonds. The van der Waals surface area contributed by atoms with E-state index in [0.717, 1.165) is 11.1 Å². The lowest BCUT2D eigenvalue weighted by atomic mass is 10.0. The summed E-state index contributed by atoms with van der Waals surface area (Å²) in [5.41, 5.74) is 7.21. The zero-order valence-corrected chi connectivity index (χ0v) is 18.1. The van der Waals surface area contributed by atoms with Gasteiger partial charge in [-0.25, -0.2) is 0 Å². The molecule has 6 nitrogen and oxygen atoms in total. The molecule has 0 atom stereocenters. The summed E-state index contributed by atoms with van der Waals surface area (Å²) in [6.07, 6.45) is 0. The number of hydrazine groups is 1. The molecule has 0 saturated heterocycles. The van der Waals surface area contributed by atoms with Crippen LogP contribution < -0.4 is 20.3 Å². The first-order valence-electron chi connectivity index (χ1n) is 9.06. The van der Waals surface area contributed by atoms with Crippen molar-refractivity contribution in [3.05, 3.63) is 57.6 Å². The van der Waals surface area contributed by atoms with E-state index in [1.54, 1.807) is 18.2 Å². The highest BCUT2D eigenvalue weighted by atomic mass is 79.9. The van der Waals surface area contributed by atoms with Gasteiger partial charge in [-0.2, -0.15) is 0 Å². The summed E-state index contributed by atoms with van der Waals surface area (Å²) >= 11 is 3.36. The lowest BCUT2D eigenvalue weighted by Gasteiger charge is -2.15. The van der Waals surface area contributed by atoms with Crippen molar-refractivity contribution in [1.82, 2.24) is 10.9 Å². The molecule has 0 aliphatic rings. The molecular formula is C21H25BrN2O4. The van der Waals surface area contributed by atoms with Crippen molar-refractivity contribution in [3.63, 3.8) is 0 Å². The number of halogens is 1. The molecule has 0 aromatic heterocycles. The predicted molar refractivity (Wildman–Crippen MR) is 112 cm³/mol. The van der Waals surface area contributed by atoms with Gasteiger partial charge in [-0.15, -0.1) is 0 Å². The molecule has 2 aromatic rings. The van der Waals surface area contributed by atoms with E-state index in [-0.39, 0.29) is 12.5 Å². The Kier molecular flexibility index (Phi) is 7.87. The van der Waals surface area contributed by atoms with Gasteiger partial charge in [0.1, 0.15) is 11.5 Å². The average Bonchev–Trinajstić information content (AvgIpc) is 2.66. The molecule has 150 valence electrons. The maximum absolute atomic E-state index is 12.2. The van der Waals surface area contributed by atoms with Crippen LogP contribution in [0.2, 0.25) is 0 Å². The summed E-state index contributed by atoms with van der Waals surface area (Å²) in [5, 5.41) is 0. The SMILES string of the molecule is CCOc1ccc(C(=O)NNC(=O)COc2cc(C)ccc2C(C)C)cc1Br. The van der Waals surface area contributed by atoms with Crippen LogP contribution >= 0.6 is 15.9 Å². The molecule has 7 heteroatoms. The van der Waals surface area contributed by atoms with Gasteiger partial charge in [0, 0.05) is 5.56 Å². The first-order valence-corrected chi connectivity index (χ1v) is 9.86. The summed E-state index contributed by atoms with van der Waals surface area (Å²) in [6.45, 7) is 8.30. The van der Waals surface area contributed by atoms with Gasteiger partial charge in [0.15, 0.2) is 6.61 Å². The Balaban J connectivity index is 1.90. The van der Waals surface area contributed by atoms with Crippen LogP contribution in [0.5, 0.6) is 11.5 Å². The van der Waals surface area contributed by atoms with Crippen LogP contribution in [0.1, 0.15) is 48.2 Å². The van der Waals surface area contributed by atoms with Crippen molar-refractivity contribution in [1.29, 1.82) is 0 Å². The van der Waals surface area contributed by atoms with Crippen LogP contribution in [0, 0.1) is 6.92 Å². The standard InChI is InChI=1S/C21H25BrN2O4/c1-5-27-18-9-7-15(11-17(18)22)21(26)24-23-20(25)12-28-19-10-14(4)6-8-16(19)13(2)3/h6-11,13H,5,12H2,1-4H3,(H,23,25)(H,24,26). The summed E-state index contributed by atoms with van der Waals surface area (Å²) in [6, 6.07) is 10.9. The minimum Gasteiger partial charge on any atom is -0.493 e. The Labute approximate surface area is 173 Å². The number of carbonyl (C=O) groups excluding carboxylic acids is 2. The molecule has 0 saturated carbocycles. The minimum atomic E-state index is -0.449. The Morgan fingerprint density at radius 1 is 1.04 bits per heavy atom. The lowest BCUT2D eigenvalue weighted by Crippen LogP contribution is -2.43. The minimum absolute atomic E-state index is 0.198. The largest absolute Gasteiger partial charge is 0.493 e. The second kappa shape index (κ2) is 10.1. The maximum atomic E-state index is 12.2. The molecule has 0 bridgehead atoms. The molecule has 2 rings (SSSR count). The van der Waals surface area contributed by atoms with E-state index >= 15 is 0 Å². The highest BCUT2D eigenvalue weighted by Crippen LogP contribution is 2.27. The topological polar surface area (TPSA) is 76.7 Å². The molecule has 0 heterocycles. The maximum Gasteiger partial charge on any atom is 0.276 e. The van der Waals surface area contributed by atoms with Crippen molar-refractivity contribution in [2.75, 3.05) is 13.2 Å². The second-order valence-corrected chi connectivity index (χ2v) is 7.42. The average molecular weight is 449 g/mol. The number of benzene rings is 2. The van der Waals surface area contributed by atoms with E-state index in [9.17, 15) is 9.59 Å². The predicted octanol–water partition coefficient (Wildman–Crippen LogP) is 4.12. The van der Waals surface area contributed by atoms with Crippen LogP contribution in [-0.2, 0) is 4.79 Å². The molecule has 0 radical (unpaired) electrons. The molecule has 0 fully saturated rings. The van der Waals surface area contributed by atoms with Gasteiger partial charge in [0.2, 0.25) is 0 Å². The first-order chi connectivity index (χ1) is 13.3. The number of hydrogen-bond donors (Lipinski definition) is 2. The fraction of sp³-hybridized carbons (Fsp3) is 0.333. The Bertz CT molecular complexity index is 852. The third kappa shape index (κ3) is 5.99. The monoisotopic (exact) mass is 448 g/mol. The van der Waals surface area contributed by atoms with Gasteiger partial charge < -0.3 is 9.47 Å². The molecular weight excluding hydrogens is 424 g/mol. The van der Waals surface area contributed by atoms with Crippen molar-refractivity contribution in [2.45, 2.75) is 33.6 Å². The van der Waals surface area contributed by atoms with Crippen LogP contribution in [0.4, 0.5) is 0 Å². The number of hydrogen-bond acceptors (Lipinski definition) is 4. The van der Waals surface area contributed by atoms with E-state index < -0.39 is 11.8 Å². The lowest BCUT2D eigenvalue weighted by molar-refractivity contribution is -0.123. The first kappa shape index (κ1) is 21.8. The number of aryl methyl sites for hydroxylation is 1. The second-order valence-electron chi connectivity index (χ2n) is 6.57. The number of nitrogens with one attached hydrogen (secondary N) is 2. The molecule has 28 heavy (non-hydrogen) atoms. The normalized spacial score (nSPS) is 10.5. The van der Waals surface area contributed by atoms with E-state index in [2.05, 4.69) is 40.6 Å². The Morgan fingerprint density at radius 2 is 1.79 bits per heavy atom. The molecule has 0 unspecified atom stereocenters. The Morgan fingerprint density at radius 3 is 2.43 bits per heavy atom. The van der Waals surface area contributed by atoms with Crippen LogP contribution in [0.15, 0.2) is 40.9 Å². The highest BCUT2D eigenvalue weighted by Gasteiger charge is 2.12. The van der Waals surface area contributed by atoms with Gasteiger partial charge in [0.25, 0.3) is 11.8 Å². The van der Waals surface area contributed by atoms with Gasteiger partial charge in [-0.05, 0) is 71.1 Å². The van der Waals surface area contributed by atoms with E-state index in [1.807, 2.05) is 32.0 Å². The van der Waals surface area contributed by atoms with Crippen molar-refractivity contribution in [3.8, 4) is 11.5 Å². The van der Waals surface area contributed by atoms with Gasteiger partial charge >= 0.3 is 0 Å². The van der Waals surface area contributed by atoms with Crippen molar-refractivity contribution >= 4 is 27.7 Å². The Hall–Kier alpha value is -2.54. The fourth-order valence-corrected chi connectivity index (χ4v) is 3.03. The zero-order valence-electron chi connectivity index (χ0n) is 16.5. The molecule has 2 N–H and O–H groups in total. The fourth-order valence-electron chi connectivity index (χ4n) is 2.54. The van der Waals surface area contributed by atoms with Crippen molar-refractivity contribution < 1.29 is 19.1 Å². The summed E-state index contributed by atoms with van der Waals surface area (Å²) in [7, 11) is 0. The van der Waals surface area contributed by atoms with Gasteiger partial charge in [0.05, 0.1) is 11.1 Å². The van der Waals surface area contributed by atoms with E-state index in [0.29, 0.717) is 28.1 Å². The molecule has 0 spiro atoms. The summed E-state index contributed by atoms with van der Waals surface area (Å²) in [5.74, 6) is 0.712. The molecule has 0 aliphatic heterocycles. The van der Waals surface area contributed by atoms with Gasteiger partial charge in [-0.3, -0.25) is 20.4 Å². The third-order valence-electron chi connectivity index (χ3n) is 3.96. The van der Waals surface area contributed by atoms with E-state index in [1.165, 1.54) is 0 Å². The summed E-state index contributed by atoms with van der Waals surface area (Å²) < 4.78 is 11.7. The smallest absolute Gasteiger partial charge is 0.276 e. The summed E-state index contributed by atoms with van der Waals surface area (Å²) in [4.78, 5) is 24.2. The molecule has 2 aromatic carbocycles. The van der Waals surface area contributed by atoms with Crippen LogP contribution in [-0.4, -0.2) is 25.0 Å². The van der Waals surface area contributed by atoms with Crippen LogP contribution in [0.3, 0.4) is 0 Å². The number of ether oxygens (including phenoxy) is 2.